The van der Waals surface area contributed by atoms with Gasteiger partial charge in [-0.15, -0.1) is 0 Å². The van der Waals surface area contributed by atoms with Crippen molar-refractivity contribution in [2.75, 3.05) is 0 Å². The molecule has 0 fully saturated rings. The SMILES string of the molecule is NC(=O)c1cc(C(=O)NC2CCc3ccccc32)nn1-c1ccccc1. The third-order valence-corrected chi connectivity index (χ3v) is 4.63. The smallest absolute Gasteiger partial charge is 0.272 e. The average molecular weight is 346 g/mol. The van der Waals surface area contributed by atoms with Gasteiger partial charge >= 0.3 is 0 Å². The zero-order valence-corrected chi connectivity index (χ0v) is 14.1. The van der Waals surface area contributed by atoms with Crippen molar-refractivity contribution in [3.63, 3.8) is 0 Å². The van der Waals surface area contributed by atoms with Gasteiger partial charge in [0.1, 0.15) is 5.69 Å². The van der Waals surface area contributed by atoms with E-state index in [9.17, 15) is 9.59 Å². The second kappa shape index (κ2) is 6.48. The number of aromatic nitrogens is 2. The van der Waals surface area contributed by atoms with Crippen LogP contribution in [0.1, 0.15) is 44.6 Å². The number of fused-ring (bicyclic) bond motifs is 1. The van der Waals surface area contributed by atoms with Gasteiger partial charge in [-0.05, 0) is 36.1 Å². The standard InChI is InChI=1S/C20H18N4O2/c21-19(25)18-12-17(23-24(18)14-7-2-1-3-8-14)20(26)22-16-11-10-13-6-4-5-9-15(13)16/h1-9,12,16H,10-11H2,(H2,21,25)(H,22,26). The van der Waals surface area contributed by atoms with Crippen LogP contribution in [0.4, 0.5) is 0 Å². The fraction of sp³-hybridized carbons (Fsp3) is 0.150. The second-order valence-corrected chi connectivity index (χ2v) is 6.29. The monoisotopic (exact) mass is 346 g/mol. The molecule has 0 saturated heterocycles. The summed E-state index contributed by atoms with van der Waals surface area (Å²) in [6.07, 6.45) is 1.79. The molecule has 3 N–H and O–H groups in total. The summed E-state index contributed by atoms with van der Waals surface area (Å²) in [5.41, 5.74) is 8.87. The second-order valence-electron chi connectivity index (χ2n) is 6.29. The first-order chi connectivity index (χ1) is 12.6. The van der Waals surface area contributed by atoms with Crippen molar-refractivity contribution >= 4 is 11.8 Å². The number of primary amides is 1. The molecule has 2 amide bonds. The zero-order valence-electron chi connectivity index (χ0n) is 14.1. The number of nitrogens with zero attached hydrogens (tertiary/aromatic N) is 2. The van der Waals surface area contributed by atoms with Gasteiger partial charge in [-0.25, -0.2) is 4.68 Å². The summed E-state index contributed by atoms with van der Waals surface area (Å²) in [5.74, 6) is -0.949. The fourth-order valence-corrected chi connectivity index (χ4v) is 3.37. The normalized spacial score (nSPS) is 15.5. The van der Waals surface area contributed by atoms with Gasteiger partial charge in [-0.2, -0.15) is 5.10 Å². The van der Waals surface area contributed by atoms with E-state index in [0.717, 1.165) is 18.4 Å². The minimum atomic E-state index is -0.633. The van der Waals surface area contributed by atoms with Gasteiger partial charge in [0.25, 0.3) is 11.8 Å². The molecule has 1 aliphatic rings. The van der Waals surface area contributed by atoms with E-state index in [1.165, 1.54) is 16.3 Å². The molecule has 130 valence electrons. The topological polar surface area (TPSA) is 90.0 Å². The molecule has 26 heavy (non-hydrogen) atoms. The third-order valence-electron chi connectivity index (χ3n) is 4.63. The van der Waals surface area contributed by atoms with E-state index in [-0.39, 0.29) is 23.3 Å². The molecular weight excluding hydrogens is 328 g/mol. The molecule has 0 radical (unpaired) electrons. The molecule has 0 aliphatic heterocycles. The minimum absolute atomic E-state index is 0.0439. The van der Waals surface area contributed by atoms with Crippen LogP contribution in [-0.2, 0) is 6.42 Å². The number of carbonyl (C=O) groups is 2. The Morgan fingerprint density at radius 1 is 1.08 bits per heavy atom. The Balaban J connectivity index is 1.62. The van der Waals surface area contributed by atoms with Gasteiger partial charge in [0, 0.05) is 6.07 Å². The highest BCUT2D eigenvalue weighted by molar-refractivity contribution is 5.97. The Kier molecular flexibility index (Phi) is 4.01. The number of aryl methyl sites for hydroxylation is 1. The summed E-state index contributed by atoms with van der Waals surface area (Å²) in [6, 6.07) is 18.6. The van der Waals surface area contributed by atoms with Crippen molar-refractivity contribution in [1.82, 2.24) is 15.1 Å². The van der Waals surface area contributed by atoms with Crippen LogP contribution in [0.15, 0.2) is 60.7 Å². The highest BCUT2D eigenvalue weighted by atomic mass is 16.2. The maximum Gasteiger partial charge on any atom is 0.272 e. The van der Waals surface area contributed by atoms with E-state index in [2.05, 4.69) is 16.5 Å². The van der Waals surface area contributed by atoms with Gasteiger partial charge < -0.3 is 11.1 Å². The summed E-state index contributed by atoms with van der Waals surface area (Å²) < 4.78 is 1.40. The van der Waals surface area contributed by atoms with E-state index in [1.54, 1.807) is 12.1 Å². The number of para-hydroxylation sites is 1. The van der Waals surface area contributed by atoms with Crippen LogP contribution in [0.25, 0.3) is 5.69 Å². The number of nitrogens with two attached hydrogens (primary N) is 1. The molecule has 1 atom stereocenters. The number of hydrogen-bond donors (Lipinski definition) is 2. The van der Waals surface area contributed by atoms with Crippen molar-refractivity contribution in [1.29, 1.82) is 0 Å². The van der Waals surface area contributed by atoms with Crippen molar-refractivity contribution in [3.05, 3.63) is 83.2 Å². The first-order valence-electron chi connectivity index (χ1n) is 8.47. The summed E-state index contributed by atoms with van der Waals surface area (Å²) in [6.45, 7) is 0. The highest BCUT2D eigenvalue weighted by Gasteiger charge is 2.26. The molecule has 4 rings (SSSR count). The first kappa shape index (κ1) is 16.1. The molecule has 0 saturated carbocycles. The Morgan fingerprint density at radius 3 is 2.58 bits per heavy atom. The molecule has 1 heterocycles. The van der Waals surface area contributed by atoms with E-state index < -0.39 is 5.91 Å². The first-order valence-corrected chi connectivity index (χ1v) is 8.47. The van der Waals surface area contributed by atoms with E-state index in [1.807, 2.05) is 36.4 Å². The molecular formula is C20H18N4O2. The van der Waals surface area contributed by atoms with Gasteiger partial charge in [0.05, 0.1) is 11.7 Å². The summed E-state index contributed by atoms with van der Waals surface area (Å²) >= 11 is 0. The molecule has 6 nitrogen and oxygen atoms in total. The Bertz CT molecular complexity index is 978. The molecule has 0 bridgehead atoms. The van der Waals surface area contributed by atoms with Crippen LogP contribution in [-0.4, -0.2) is 21.6 Å². The lowest BCUT2D eigenvalue weighted by molar-refractivity contribution is 0.0930. The van der Waals surface area contributed by atoms with Gasteiger partial charge in [-0.1, -0.05) is 42.5 Å². The lowest BCUT2D eigenvalue weighted by Crippen LogP contribution is -2.27. The fourth-order valence-electron chi connectivity index (χ4n) is 3.37. The van der Waals surface area contributed by atoms with Crippen molar-refractivity contribution in [3.8, 4) is 5.69 Å². The summed E-state index contributed by atoms with van der Waals surface area (Å²) in [5, 5.41) is 7.32. The van der Waals surface area contributed by atoms with Crippen LogP contribution < -0.4 is 11.1 Å². The minimum Gasteiger partial charge on any atom is -0.364 e. The number of nitrogens with one attached hydrogen (secondary N) is 1. The van der Waals surface area contributed by atoms with Crippen LogP contribution in [0.2, 0.25) is 0 Å². The average Bonchev–Trinajstić information content (AvgIpc) is 3.28. The van der Waals surface area contributed by atoms with E-state index >= 15 is 0 Å². The van der Waals surface area contributed by atoms with Crippen LogP contribution >= 0.6 is 0 Å². The Labute approximate surface area is 150 Å². The molecule has 2 aromatic carbocycles. The van der Waals surface area contributed by atoms with E-state index in [4.69, 9.17) is 5.73 Å². The molecule has 6 heteroatoms. The van der Waals surface area contributed by atoms with Crippen molar-refractivity contribution < 1.29 is 9.59 Å². The quantitative estimate of drug-likeness (QED) is 0.760. The van der Waals surface area contributed by atoms with Crippen LogP contribution in [0.5, 0.6) is 0 Å². The molecule has 3 aromatic rings. The predicted octanol–water partition coefficient (Wildman–Crippen LogP) is 2.39. The van der Waals surface area contributed by atoms with Gasteiger partial charge in [0.15, 0.2) is 5.69 Å². The number of amides is 2. The maximum absolute atomic E-state index is 12.7. The van der Waals surface area contributed by atoms with Gasteiger partial charge in [0.2, 0.25) is 0 Å². The number of carbonyl (C=O) groups excluding carboxylic acids is 2. The number of rotatable bonds is 4. The molecule has 1 aromatic heterocycles. The van der Waals surface area contributed by atoms with Crippen LogP contribution in [0, 0.1) is 0 Å². The number of hydrogen-bond acceptors (Lipinski definition) is 3. The Morgan fingerprint density at radius 2 is 1.81 bits per heavy atom. The number of benzene rings is 2. The summed E-state index contributed by atoms with van der Waals surface area (Å²) in [7, 11) is 0. The lowest BCUT2D eigenvalue weighted by Gasteiger charge is -2.12. The largest absolute Gasteiger partial charge is 0.364 e. The Hall–Kier alpha value is -3.41. The van der Waals surface area contributed by atoms with Crippen molar-refractivity contribution in [2.45, 2.75) is 18.9 Å². The van der Waals surface area contributed by atoms with Gasteiger partial charge in [-0.3, -0.25) is 9.59 Å². The molecule has 1 aliphatic carbocycles. The maximum atomic E-state index is 12.7. The lowest BCUT2D eigenvalue weighted by atomic mass is 10.1. The zero-order chi connectivity index (χ0) is 18.1. The molecule has 0 spiro atoms. The summed E-state index contributed by atoms with van der Waals surface area (Å²) in [4.78, 5) is 24.5. The van der Waals surface area contributed by atoms with E-state index in [0.29, 0.717) is 5.69 Å². The highest BCUT2D eigenvalue weighted by Crippen LogP contribution is 2.30. The third kappa shape index (κ3) is 2.86. The molecule has 1 unspecified atom stereocenters. The van der Waals surface area contributed by atoms with Crippen LogP contribution in [0.3, 0.4) is 0 Å². The predicted molar refractivity (Wildman–Crippen MR) is 97.1 cm³/mol. The van der Waals surface area contributed by atoms with Crippen molar-refractivity contribution in [2.24, 2.45) is 5.73 Å².